The van der Waals surface area contributed by atoms with Crippen LogP contribution in [-0.2, 0) is 9.59 Å². The fourth-order valence-corrected chi connectivity index (χ4v) is 1.81. The van der Waals surface area contributed by atoms with Crippen molar-refractivity contribution in [2.45, 2.75) is 20.3 Å². The van der Waals surface area contributed by atoms with E-state index in [1.54, 1.807) is 4.90 Å². The molecule has 82 valence electrons. The summed E-state index contributed by atoms with van der Waals surface area (Å²) >= 11 is 1.38. The highest BCUT2D eigenvalue weighted by Crippen LogP contribution is 2.04. The Balaban J connectivity index is 3.57. The predicted molar refractivity (Wildman–Crippen MR) is 57.5 cm³/mol. The van der Waals surface area contributed by atoms with Gasteiger partial charge in [-0.3, -0.25) is 9.59 Å². The minimum Gasteiger partial charge on any atom is -0.481 e. The van der Waals surface area contributed by atoms with Crippen molar-refractivity contribution in [3.8, 4) is 0 Å². The van der Waals surface area contributed by atoms with Crippen LogP contribution in [0.5, 0.6) is 0 Å². The zero-order chi connectivity index (χ0) is 11.0. The van der Waals surface area contributed by atoms with E-state index in [1.807, 2.05) is 13.8 Å². The second kappa shape index (κ2) is 7.67. The number of amides is 1. The lowest BCUT2D eigenvalue weighted by Gasteiger charge is -2.17. The van der Waals surface area contributed by atoms with Crippen LogP contribution in [0.1, 0.15) is 20.3 Å². The lowest BCUT2D eigenvalue weighted by Crippen LogP contribution is -2.32. The van der Waals surface area contributed by atoms with Gasteiger partial charge in [0.2, 0.25) is 5.91 Å². The number of nitrogens with zero attached hydrogens (tertiary/aromatic N) is 1. The third kappa shape index (κ3) is 5.85. The SMILES string of the molecule is CCN(CC)C(=O)CSCCC(=O)O. The molecule has 0 aromatic heterocycles. The van der Waals surface area contributed by atoms with Crippen LogP contribution in [0.3, 0.4) is 0 Å². The largest absolute Gasteiger partial charge is 0.481 e. The van der Waals surface area contributed by atoms with Crippen LogP contribution in [-0.4, -0.2) is 46.5 Å². The van der Waals surface area contributed by atoms with E-state index >= 15 is 0 Å². The highest BCUT2D eigenvalue weighted by Gasteiger charge is 2.09. The quantitative estimate of drug-likeness (QED) is 0.651. The molecule has 0 unspecified atom stereocenters. The zero-order valence-electron chi connectivity index (χ0n) is 8.65. The summed E-state index contributed by atoms with van der Waals surface area (Å²) in [7, 11) is 0. The molecule has 0 aromatic rings. The number of hydrogen-bond donors (Lipinski definition) is 1. The minimum absolute atomic E-state index is 0.0883. The molecule has 4 nitrogen and oxygen atoms in total. The molecule has 0 aliphatic rings. The summed E-state index contributed by atoms with van der Waals surface area (Å²) < 4.78 is 0. The number of carbonyl (C=O) groups is 2. The predicted octanol–water partition coefficient (Wildman–Crippen LogP) is 1.06. The van der Waals surface area contributed by atoms with E-state index in [0.29, 0.717) is 11.5 Å². The van der Waals surface area contributed by atoms with Crippen LogP contribution in [0, 0.1) is 0 Å². The molecule has 0 fully saturated rings. The van der Waals surface area contributed by atoms with Gasteiger partial charge < -0.3 is 10.0 Å². The number of hydrogen-bond acceptors (Lipinski definition) is 3. The number of carbonyl (C=O) groups excluding carboxylic acids is 1. The van der Waals surface area contributed by atoms with Crippen molar-refractivity contribution in [3.63, 3.8) is 0 Å². The van der Waals surface area contributed by atoms with Gasteiger partial charge in [0, 0.05) is 18.8 Å². The Bertz CT molecular complexity index is 192. The number of aliphatic carboxylic acids is 1. The van der Waals surface area contributed by atoms with Crippen LogP contribution in [0.4, 0.5) is 0 Å². The molecule has 1 amide bonds. The third-order valence-corrected chi connectivity index (χ3v) is 2.75. The maximum atomic E-state index is 11.4. The standard InChI is InChI=1S/C9H17NO3S/c1-3-10(4-2)8(11)7-14-6-5-9(12)13/h3-7H2,1-2H3,(H,12,13). The number of carboxylic acid groups (broad SMARTS) is 1. The highest BCUT2D eigenvalue weighted by molar-refractivity contribution is 7.99. The van der Waals surface area contributed by atoms with Crippen LogP contribution < -0.4 is 0 Å². The van der Waals surface area contributed by atoms with Gasteiger partial charge in [-0.05, 0) is 13.8 Å². The molecule has 0 heterocycles. The number of carboxylic acids is 1. The van der Waals surface area contributed by atoms with Crippen molar-refractivity contribution >= 4 is 23.6 Å². The molecule has 0 atom stereocenters. The summed E-state index contributed by atoms with van der Waals surface area (Å²) in [5.74, 6) is 0.162. The maximum absolute atomic E-state index is 11.4. The fraction of sp³-hybridized carbons (Fsp3) is 0.778. The van der Waals surface area contributed by atoms with Gasteiger partial charge in [-0.25, -0.2) is 0 Å². The van der Waals surface area contributed by atoms with Crippen molar-refractivity contribution in [3.05, 3.63) is 0 Å². The summed E-state index contributed by atoms with van der Waals surface area (Å²) in [6.45, 7) is 5.30. The first-order valence-corrected chi connectivity index (χ1v) is 5.84. The van der Waals surface area contributed by atoms with Gasteiger partial charge in [0.25, 0.3) is 0 Å². The summed E-state index contributed by atoms with van der Waals surface area (Å²) in [5, 5.41) is 8.37. The first-order chi connectivity index (χ1) is 6.61. The van der Waals surface area contributed by atoms with Crippen LogP contribution in [0.2, 0.25) is 0 Å². The van der Waals surface area contributed by atoms with Crippen molar-refractivity contribution in [2.75, 3.05) is 24.6 Å². The van der Waals surface area contributed by atoms with Crippen molar-refractivity contribution in [1.82, 2.24) is 4.90 Å². The normalized spacial score (nSPS) is 9.86. The molecular formula is C9H17NO3S. The summed E-state index contributed by atoms with van der Waals surface area (Å²) in [4.78, 5) is 23.3. The zero-order valence-corrected chi connectivity index (χ0v) is 9.47. The monoisotopic (exact) mass is 219 g/mol. The summed E-state index contributed by atoms with van der Waals surface area (Å²) in [5.41, 5.74) is 0. The second-order valence-electron chi connectivity index (χ2n) is 2.76. The number of rotatable bonds is 7. The van der Waals surface area contributed by atoms with Gasteiger partial charge in [-0.1, -0.05) is 0 Å². The molecular weight excluding hydrogens is 202 g/mol. The van der Waals surface area contributed by atoms with E-state index in [4.69, 9.17) is 5.11 Å². The molecule has 0 aliphatic heterocycles. The van der Waals surface area contributed by atoms with Gasteiger partial charge >= 0.3 is 5.97 Å². The Morgan fingerprint density at radius 2 is 1.86 bits per heavy atom. The van der Waals surface area contributed by atoms with Crippen molar-refractivity contribution in [2.24, 2.45) is 0 Å². The molecule has 0 bridgehead atoms. The van der Waals surface area contributed by atoms with E-state index < -0.39 is 5.97 Å². The fourth-order valence-electron chi connectivity index (χ4n) is 0.987. The van der Waals surface area contributed by atoms with Crippen LogP contribution in [0.15, 0.2) is 0 Å². The van der Waals surface area contributed by atoms with Gasteiger partial charge in [0.15, 0.2) is 0 Å². The second-order valence-corrected chi connectivity index (χ2v) is 3.87. The molecule has 0 saturated carbocycles. The first-order valence-electron chi connectivity index (χ1n) is 4.69. The van der Waals surface area contributed by atoms with Crippen molar-refractivity contribution in [1.29, 1.82) is 0 Å². The topological polar surface area (TPSA) is 57.6 Å². The van der Waals surface area contributed by atoms with Crippen LogP contribution >= 0.6 is 11.8 Å². The molecule has 0 saturated heterocycles. The van der Waals surface area contributed by atoms with E-state index in [-0.39, 0.29) is 12.3 Å². The molecule has 5 heteroatoms. The maximum Gasteiger partial charge on any atom is 0.304 e. The Kier molecular flexibility index (Phi) is 7.28. The van der Waals surface area contributed by atoms with Crippen LogP contribution in [0.25, 0.3) is 0 Å². The van der Waals surface area contributed by atoms with E-state index in [2.05, 4.69) is 0 Å². The summed E-state index contributed by atoms with van der Waals surface area (Å²) in [6, 6.07) is 0. The average Bonchev–Trinajstić information content (AvgIpc) is 2.14. The highest BCUT2D eigenvalue weighted by atomic mass is 32.2. The van der Waals surface area contributed by atoms with Gasteiger partial charge in [0.1, 0.15) is 0 Å². The molecule has 0 spiro atoms. The average molecular weight is 219 g/mol. The van der Waals surface area contributed by atoms with Crippen molar-refractivity contribution < 1.29 is 14.7 Å². The molecule has 1 N–H and O–H groups in total. The lowest BCUT2D eigenvalue weighted by molar-refractivity contribution is -0.136. The van der Waals surface area contributed by atoms with Gasteiger partial charge in [-0.15, -0.1) is 0 Å². The Hall–Kier alpha value is -0.710. The minimum atomic E-state index is -0.812. The Labute approximate surface area is 88.7 Å². The molecule has 0 aromatic carbocycles. The Morgan fingerprint density at radius 1 is 1.29 bits per heavy atom. The van der Waals surface area contributed by atoms with E-state index in [0.717, 1.165) is 13.1 Å². The lowest BCUT2D eigenvalue weighted by atomic mass is 10.5. The molecule has 0 aliphatic carbocycles. The van der Waals surface area contributed by atoms with E-state index in [1.165, 1.54) is 11.8 Å². The number of thioether (sulfide) groups is 1. The van der Waals surface area contributed by atoms with E-state index in [9.17, 15) is 9.59 Å². The Morgan fingerprint density at radius 3 is 2.29 bits per heavy atom. The third-order valence-electron chi connectivity index (χ3n) is 1.80. The molecule has 0 radical (unpaired) electrons. The molecule has 14 heavy (non-hydrogen) atoms. The van der Waals surface area contributed by atoms with Gasteiger partial charge in [-0.2, -0.15) is 11.8 Å². The first kappa shape index (κ1) is 13.3. The summed E-state index contributed by atoms with van der Waals surface area (Å²) in [6.07, 6.45) is 0.121. The smallest absolute Gasteiger partial charge is 0.304 e. The van der Waals surface area contributed by atoms with Gasteiger partial charge in [0.05, 0.1) is 12.2 Å². The molecule has 0 rings (SSSR count).